The quantitative estimate of drug-likeness (QED) is 0.774. The summed E-state index contributed by atoms with van der Waals surface area (Å²) in [6.07, 6.45) is 1.37. The number of fused-ring (bicyclic) bond motifs is 1. The van der Waals surface area contributed by atoms with Crippen molar-refractivity contribution in [2.24, 2.45) is 5.41 Å². The number of aromatic nitrogens is 1. The zero-order valence-electron chi connectivity index (χ0n) is 16.2. The van der Waals surface area contributed by atoms with Gasteiger partial charge in [-0.15, -0.1) is 0 Å². The van der Waals surface area contributed by atoms with Crippen molar-refractivity contribution in [3.05, 3.63) is 63.1 Å². The Morgan fingerprint density at radius 3 is 2.55 bits per heavy atom. The molecule has 154 valence electrons. The van der Waals surface area contributed by atoms with Gasteiger partial charge in [-0.25, -0.2) is 0 Å². The van der Waals surface area contributed by atoms with E-state index in [9.17, 15) is 23.2 Å². The molecule has 29 heavy (non-hydrogen) atoms. The first-order valence-corrected chi connectivity index (χ1v) is 9.26. The fourth-order valence-electron chi connectivity index (χ4n) is 3.45. The van der Waals surface area contributed by atoms with Gasteiger partial charge in [0.15, 0.2) is 5.78 Å². The number of nitrogens with one attached hydrogen (secondary N) is 2. The van der Waals surface area contributed by atoms with Crippen LogP contribution in [0.15, 0.2) is 35.1 Å². The third-order valence-electron chi connectivity index (χ3n) is 4.81. The van der Waals surface area contributed by atoms with Crippen LogP contribution >= 0.6 is 0 Å². The Bertz CT molecular complexity index is 981. The Kier molecular flexibility index (Phi) is 5.81. The third kappa shape index (κ3) is 5.07. The van der Waals surface area contributed by atoms with E-state index in [2.05, 4.69) is 15.0 Å². The molecule has 1 amide bonds. The van der Waals surface area contributed by atoms with Crippen LogP contribution in [0.3, 0.4) is 0 Å². The molecule has 0 atom stereocenters. The maximum Gasteiger partial charge on any atom is 0.387 e. The maximum atomic E-state index is 12.4. The smallest absolute Gasteiger partial charge is 0.387 e. The summed E-state index contributed by atoms with van der Waals surface area (Å²) in [6, 6.07) is 7.46. The fourth-order valence-corrected chi connectivity index (χ4v) is 3.45. The van der Waals surface area contributed by atoms with Gasteiger partial charge in [-0.3, -0.25) is 14.4 Å². The molecular formula is C21H22F2N2O4. The van der Waals surface area contributed by atoms with Crippen molar-refractivity contribution >= 4 is 11.7 Å². The standard InChI is InChI=1S/C21H22F2N2O4/c1-21(2)10-16-14(17(26)11-21)9-15(19(28)25-16)18(27)24-8-7-12-3-5-13(6-4-12)29-20(22)23/h3-6,9,20H,7-8,10-11H2,1-2H3,(H,24,27)(H,25,28). The van der Waals surface area contributed by atoms with Crippen molar-refractivity contribution in [1.29, 1.82) is 0 Å². The molecule has 1 aromatic heterocycles. The summed E-state index contributed by atoms with van der Waals surface area (Å²) in [6.45, 7) is 1.27. The van der Waals surface area contributed by atoms with Gasteiger partial charge in [0.05, 0.1) is 0 Å². The highest BCUT2D eigenvalue weighted by Gasteiger charge is 2.32. The summed E-state index contributed by atoms with van der Waals surface area (Å²) in [4.78, 5) is 39.8. The number of rotatable bonds is 6. The molecule has 8 heteroatoms. The normalized spacial score (nSPS) is 15.1. The lowest BCUT2D eigenvalue weighted by Gasteiger charge is -2.29. The number of Topliss-reactive ketones (excluding diaryl/α,β-unsaturated/α-hetero) is 1. The van der Waals surface area contributed by atoms with E-state index in [0.29, 0.717) is 30.5 Å². The number of aromatic amines is 1. The zero-order valence-corrected chi connectivity index (χ0v) is 16.2. The summed E-state index contributed by atoms with van der Waals surface area (Å²) in [7, 11) is 0. The molecule has 1 aliphatic rings. The number of pyridine rings is 1. The Morgan fingerprint density at radius 2 is 1.90 bits per heavy atom. The summed E-state index contributed by atoms with van der Waals surface area (Å²) in [5.41, 5.74) is 0.913. The molecule has 6 nitrogen and oxygen atoms in total. The maximum absolute atomic E-state index is 12.4. The average Bonchev–Trinajstić information content (AvgIpc) is 2.61. The topological polar surface area (TPSA) is 88.3 Å². The van der Waals surface area contributed by atoms with Crippen LogP contribution in [0.25, 0.3) is 0 Å². The van der Waals surface area contributed by atoms with E-state index in [0.717, 1.165) is 5.56 Å². The molecule has 0 radical (unpaired) electrons. The number of carbonyl (C=O) groups excluding carboxylic acids is 2. The molecule has 1 aromatic carbocycles. The first-order valence-electron chi connectivity index (χ1n) is 9.26. The fraction of sp³-hybridized carbons (Fsp3) is 0.381. The highest BCUT2D eigenvalue weighted by molar-refractivity contribution is 6.02. The highest BCUT2D eigenvalue weighted by Crippen LogP contribution is 2.33. The second kappa shape index (κ2) is 8.14. The largest absolute Gasteiger partial charge is 0.435 e. The number of benzene rings is 1. The van der Waals surface area contributed by atoms with Crippen LogP contribution in [-0.4, -0.2) is 29.8 Å². The van der Waals surface area contributed by atoms with Crippen molar-refractivity contribution in [3.8, 4) is 5.75 Å². The molecule has 0 saturated carbocycles. The van der Waals surface area contributed by atoms with Gasteiger partial charge in [-0.05, 0) is 42.0 Å². The summed E-state index contributed by atoms with van der Waals surface area (Å²) in [5, 5.41) is 2.65. The second-order valence-electron chi connectivity index (χ2n) is 7.87. The molecule has 0 fully saturated rings. The van der Waals surface area contributed by atoms with Crippen LogP contribution in [0.4, 0.5) is 8.78 Å². The van der Waals surface area contributed by atoms with E-state index < -0.39 is 18.1 Å². The van der Waals surface area contributed by atoms with Crippen LogP contribution in [0, 0.1) is 5.41 Å². The summed E-state index contributed by atoms with van der Waals surface area (Å²) >= 11 is 0. The third-order valence-corrected chi connectivity index (χ3v) is 4.81. The van der Waals surface area contributed by atoms with Crippen LogP contribution in [0.5, 0.6) is 5.75 Å². The molecule has 0 aliphatic heterocycles. The Morgan fingerprint density at radius 1 is 1.21 bits per heavy atom. The van der Waals surface area contributed by atoms with Crippen LogP contribution in [0.2, 0.25) is 0 Å². The number of ketones is 1. The van der Waals surface area contributed by atoms with Crippen LogP contribution in [0.1, 0.15) is 52.2 Å². The molecule has 2 aromatic rings. The monoisotopic (exact) mass is 404 g/mol. The minimum absolute atomic E-state index is 0.0567. The van der Waals surface area contributed by atoms with Crippen LogP contribution in [-0.2, 0) is 12.8 Å². The van der Waals surface area contributed by atoms with Gasteiger partial charge in [0, 0.05) is 24.2 Å². The molecule has 0 bridgehead atoms. The highest BCUT2D eigenvalue weighted by atomic mass is 19.3. The average molecular weight is 404 g/mol. The van der Waals surface area contributed by atoms with Crippen molar-refractivity contribution < 1.29 is 23.1 Å². The Labute approximate surface area is 166 Å². The molecule has 0 spiro atoms. The van der Waals surface area contributed by atoms with Gasteiger partial charge >= 0.3 is 6.61 Å². The Balaban J connectivity index is 1.63. The molecule has 0 saturated heterocycles. The van der Waals surface area contributed by atoms with E-state index in [-0.39, 0.29) is 29.1 Å². The first-order chi connectivity index (χ1) is 13.6. The first kappa shape index (κ1) is 20.7. The minimum atomic E-state index is -2.88. The van der Waals surface area contributed by atoms with Gasteiger partial charge in [-0.1, -0.05) is 26.0 Å². The summed E-state index contributed by atoms with van der Waals surface area (Å²) < 4.78 is 28.6. The minimum Gasteiger partial charge on any atom is -0.435 e. The molecule has 0 unspecified atom stereocenters. The number of hydrogen-bond donors (Lipinski definition) is 2. The van der Waals surface area contributed by atoms with Crippen LogP contribution < -0.4 is 15.6 Å². The lowest BCUT2D eigenvalue weighted by atomic mass is 9.75. The van der Waals surface area contributed by atoms with Gasteiger partial charge in [-0.2, -0.15) is 8.78 Å². The number of H-pyrrole nitrogens is 1. The van der Waals surface area contributed by atoms with E-state index in [1.54, 1.807) is 12.1 Å². The van der Waals surface area contributed by atoms with E-state index in [1.165, 1.54) is 18.2 Å². The second-order valence-corrected chi connectivity index (χ2v) is 7.87. The summed E-state index contributed by atoms with van der Waals surface area (Å²) in [5.74, 6) is -0.599. The zero-order chi connectivity index (χ0) is 21.2. The molecular weight excluding hydrogens is 382 g/mol. The van der Waals surface area contributed by atoms with Crippen molar-refractivity contribution in [2.75, 3.05) is 6.54 Å². The van der Waals surface area contributed by atoms with Gasteiger partial charge in [0.2, 0.25) is 0 Å². The van der Waals surface area contributed by atoms with Crippen molar-refractivity contribution in [1.82, 2.24) is 10.3 Å². The number of amides is 1. The molecule has 1 aliphatic carbocycles. The predicted molar refractivity (Wildman–Crippen MR) is 103 cm³/mol. The SMILES string of the molecule is CC1(C)CC(=O)c2cc(C(=O)NCCc3ccc(OC(F)F)cc3)c(=O)[nH]c2C1. The number of hydrogen-bond acceptors (Lipinski definition) is 4. The van der Waals surface area contributed by atoms with Gasteiger partial charge in [0.25, 0.3) is 11.5 Å². The molecule has 3 rings (SSSR count). The lowest BCUT2D eigenvalue weighted by Crippen LogP contribution is -2.35. The molecule has 1 heterocycles. The van der Waals surface area contributed by atoms with Gasteiger partial charge < -0.3 is 15.0 Å². The van der Waals surface area contributed by atoms with Gasteiger partial charge in [0.1, 0.15) is 11.3 Å². The van der Waals surface area contributed by atoms with E-state index in [1.807, 2.05) is 13.8 Å². The van der Waals surface area contributed by atoms with Crippen molar-refractivity contribution in [2.45, 2.75) is 39.7 Å². The number of halogens is 2. The van der Waals surface area contributed by atoms with E-state index >= 15 is 0 Å². The van der Waals surface area contributed by atoms with Crippen molar-refractivity contribution in [3.63, 3.8) is 0 Å². The van der Waals surface area contributed by atoms with E-state index in [4.69, 9.17) is 0 Å². The number of ether oxygens (including phenoxy) is 1. The lowest BCUT2D eigenvalue weighted by molar-refractivity contribution is -0.0498. The number of carbonyl (C=O) groups is 2. The number of alkyl halides is 2. The molecule has 2 N–H and O–H groups in total. The predicted octanol–water partition coefficient (Wildman–Crippen LogP) is 3.10. The Hall–Kier alpha value is -3.03.